The number of rotatable bonds is 8. The largest absolute Gasteiger partial charge is 0.466 e. The molecule has 2 N–H and O–H groups in total. The van der Waals surface area contributed by atoms with Crippen molar-refractivity contribution in [3.8, 4) is 0 Å². The molecule has 2 atom stereocenters. The molecule has 2 aromatic heterocycles. The van der Waals surface area contributed by atoms with Crippen LogP contribution >= 0.6 is 22.9 Å². The van der Waals surface area contributed by atoms with Crippen LogP contribution in [0.5, 0.6) is 0 Å². The van der Waals surface area contributed by atoms with Gasteiger partial charge in [0.1, 0.15) is 11.9 Å². The molecule has 2 unspecified atom stereocenters. The second kappa shape index (κ2) is 11.6. The predicted octanol–water partition coefficient (Wildman–Crippen LogP) is 2.46. The average molecular weight is 563 g/mol. The van der Waals surface area contributed by atoms with Gasteiger partial charge in [-0.1, -0.05) is 22.8 Å². The summed E-state index contributed by atoms with van der Waals surface area (Å²) in [7, 11) is 1.30. The Balaban J connectivity index is 1.43. The molecule has 0 bridgehead atoms. The number of aliphatic imine (C=N–C) groups is 1. The van der Waals surface area contributed by atoms with Gasteiger partial charge in [0.25, 0.3) is 0 Å². The normalized spacial score (nSPS) is 20.2. The smallest absolute Gasteiger partial charge is 0.438 e. The van der Waals surface area contributed by atoms with Crippen LogP contribution in [0.25, 0.3) is 0 Å². The molecule has 1 aromatic carbocycles. The van der Waals surface area contributed by atoms with Crippen LogP contribution in [-0.4, -0.2) is 71.3 Å². The number of carbonyl (C=O) groups is 1. The van der Waals surface area contributed by atoms with Gasteiger partial charge in [0.05, 0.1) is 25.4 Å². The van der Waals surface area contributed by atoms with Crippen LogP contribution in [0.15, 0.2) is 55.4 Å². The van der Waals surface area contributed by atoms with Crippen molar-refractivity contribution in [2.24, 2.45) is 4.99 Å². The number of hydrogen-bond donors (Lipinski definition) is 2. The van der Waals surface area contributed by atoms with E-state index >= 15 is 0 Å². The van der Waals surface area contributed by atoms with E-state index in [4.69, 9.17) is 26.1 Å². The van der Waals surface area contributed by atoms with Crippen LogP contribution < -0.4 is 11.1 Å². The van der Waals surface area contributed by atoms with Gasteiger partial charge in [0.15, 0.2) is 16.7 Å². The molecule has 0 saturated carbocycles. The number of benzene rings is 1. The van der Waals surface area contributed by atoms with E-state index in [9.17, 15) is 14.0 Å². The summed E-state index contributed by atoms with van der Waals surface area (Å²) in [5.41, 5.74) is 1.34. The zero-order valence-electron chi connectivity index (χ0n) is 20.3. The molecule has 0 amide bonds. The molecule has 4 heterocycles. The molecule has 3 aromatic rings. The summed E-state index contributed by atoms with van der Waals surface area (Å²) in [5.74, 6) is -0.712. The van der Waals surface area contributed by atoms with Gasteiger partial charge in [0, 0.05) is 53.9 Å². The van der Waals surface area contributed by atoms with Crippen LogP contribution in [0.2, 0.25) is 5.02 Å². The van der Waals surface area contributed by atoms with E-state index in [0.29, 0.717) is 67.0 Å². The molecule has 0 aliphatic carbocycles. The molecule has 0 spiro atoms. The summed E-state index contributed by atoms with van der Waals surface area (Å²) in [6.45, 7) is 2.06. The minimum atomic E-state index is -0.827. The van der Waals surface area contributed by atoms with Gasteiger partial charge in [-0.15, -0.1) is 11.3 Å². The van der Waals surface area contributed by atoms with Gasteiger partial charge in [-0.3, -0.25) is 19.4 Å². The van der Waals surface area contributed by atoms with E-state index in [-0.39, 0.29) is 16.7 Å². The molecule has 38 heavy (non-hydrogen) atoms. The maximum absolute atomic E-state index is 13.8. The number of ether oxygens (including phenoxy) is 2. The third-order valence-electron chi connectivity index (χ3n) is 6.22. The van der Waals surface area contributed by atoms with Crippen molar-refractivity contribution in [1.82, 2.24) is 25.3 Å². The Kier molecular flexibility index (Phi) is 7.98. The van der Waals surface area contributed by atoms with Crippen molar-refractivity contribution in [3.63, 3.8) is 0 Å². The van der Waals surface area contributed by atoms with Gasteiger partial charge in [-0.25, -0.2) is 19.0 Å². The van der Waals surface area contributed by atoms with Crippen molar-refractivity contribution in [3.05, 3.63) is 78.8 Å². The highest BCUT2D eigenvalue weighted by atomic mass is 35.5. The first-order valence-corrected chi connectivity index (χ1v) is 13.1. The van der Waals surface area contributed by atoms with Gasteiger partial charge in [-0.2, -0.15) is 0 Å². The monoisotopic (exact) mass is 562 g/mol. The lowest BCUT2D eigenvalue weighted by Gasteiger charge is -2.35. The van der Waals surface area contributed by atoms with Gasteiger partial charge < -0.3 is 14.8 Å². The number of aryl methyl sites for hydroxylation is 1. The maximum Gasteiger partial charge on any atom is 0.438 e. The summed E-state index contributed by atoms with van der Waals surface area (Å²) in [5, 5.41) is 9.60. The Labute approximate surface area is 225 Å². The molecular weight excluding hydrogens is 539 g/mol. The van der Waals surface area contributed by atoms with E-state index in [2.05, 4.69) is 29.9 Å². The number of amidine groups is 1. The van der Waals surface area contributed by atoms with E-state index in [0.717, 1.165) is 0 Å². The predicted molar refractivity (Wildman–Crippen MR) is 137 cm³/mol. The number of morpholine rings is 1. The fourth-order valence-corrected chi connectivity index (χ4v) is 5.31. The number of nitrogens with one attached hydrogen (secondary N) is 2. The summed E-state index contributed by atoms with van der Waals surface area (Å²) in [4.78, 5) is 38.1. The van der Waals surface area contributed by atoms with Crippen LogP contribution in [0.1, 0.15) is 28.9 Å². The van der Waals surface area contributed by atoms with Crippen molar-refractivity contribution < 1.29 is 23.2 Å². The number of aromatic nitrogens is 3. The van der Waals surface area contributed by atoms with Crippen molar-refractivity contribution in [2.75, 3.05) is 33.4 Å². The SMILES string of the molecule is COC(=O)C1=C(CN2CCOC(CCc3noc(=O)[nH]3)C2)NC(c2nccs2)=NC1c1ccc(F)cc1Cl. The Hall–Kier alpha value is -3.39. The summed E-state index contributed by atoms with van der Waals surface area (Å²) < 4.78 is 29.4. The lowest BCUT2D eigenvalue weighted by atomic mass is 9.95. The fraction of sp³-hybridized carbons (Fsp3) is 0.375. The number of aromatic amines is 1. The average Bonchev–Trinajstić information content (AvgIpc) is 3.59. The number of hydrogen-bond acceptors (Lipinski definition) is 11. The lowest BCUT2D eigenvalue weighted by Crippen LogP contribution is -2.46. The minimum Gasteiger partial charge on any atom is -0.466 e. The molecular formula is C24H24ClFN6O5S. The number of thiazole rings is 1. The third kappa shape index (κ3) is 5.85. The number of H-pyrrole nitrogens is 1. The molecule has 1 fully saturated rings. The zero-order valence-corrected chi connectivity index (χ0v) is 21.9. The molecule has 2 aliphatic rings. The highest BCUT2D eigenvalue weighted by Gasteiger charge is 2.35. The minimum absolute atomic E-state index is 0.121. The second-order valence-corrected chi connectivity index (χ2v) is 10.0. The quantitative estimate of drug-likeness (QED) is 0.397. The topological polar surface area (TPSA) is 135 Å². The first-order chi connectivity index (χ1) is 18.4. The van der Waals surface area contributed by atoms with Crippen molar-refractivity contribution >= 4 is 34.7 Å². The van der Waals surface area contributed by atoms with E-state index in [1.807, 2.05) is 5.38 Å². The van der Waals surface area contributed by atoms with E-state index < -0.39 is 23.6 Å². The molecule has 11 nitrogen and oxygen atoms in total. The number of esters is 1. The Bertz CT molecular complexity index is 1420. The summed E-state index contributed by atoms with van der Waals surface area (Å²) in [6, 6.07) is 3.17. The summed E-state index contributed by atoms with van der Waals surface area (Å²) in [6.07, 6.45) is 2.65. The molecule has 14 heteroatoms. The van der Waals surface area contributed by atoms with E-state index in [1.54, 1.807) is 6.20 Å². The number of methoxy groups -OCH3 is 1. The van der Waals surface area contributed by atoms with Crippen molar-refractivity contribution in [2.45, 2.75) is 25.0 Å². The number of halogens is 2. The molecule has 1 saturated heterocycles. The Morgan fingerprint density at radius 3 is 2.97 bits per heavy atom. The summed E-state index contributed by atoms with van der Waals surface area (Å²) >= 11 is 7.81. The first-order valence-electron chi connectivity index (χ1n) is 11.8. The molecule has 0 radical (unpaired) electrons. The van der Waals surface area contributed by atoms with Gasteiger partial charge >= 0.3 is 11.7 Å². The molecule has 200 valence electrons. The lowest BCUT2D eigenvalue weighted by molar-refractivity contribution is -0.136. The highest BCUT2D eigenvalue weighted by molar-refractivity contribution is 7.11. The van der Waals surface area contributed by atoms with E-state index in [1.165, 1.54) is 36.6 Å². The van der Waals surface area contributed by atoms with Gasteiger partial charge in [0.2, 0.25) is 0 Å². The van der Waals surface area contributed by atoms with Crippen molar-refractivity contribution in [1.29, 1.82) is 0 Å². The first kappa shape index (κ1) is 26.2. The Morgan fingerprint density at radius 2 is 2.26 bits per heavy atom. The second-order valence-electron chi connectivity index (χ2n) is 8.70. The third-order valence-corrected chi connectivity index (χ3v) is 7.32. The fourth-order valence-electron chi connectivity index (χ4n) is 4.46. The van der Waals surface area contributed by atoms with Crippen LogP contribution in [0, 0.1) is 5.82 Å². The maximum atomic E-state index is 13.8. The van der Waals surface area contributed by atoms with Crippen LogP contribution in [-0.2, 0) is 20.7 Å². The Morgan fingerprint density at radius 1 is 1.39 bits per heavy atom. The van der Waals surface area contributed by atoms with Crippen LogP contribution in [0.4, 0.5) is 4.39 Å². The van der Waals surface area contributed by atoms with Crippen LogP contribution in [0.3, 0.4) is 0 Å². The molecule has 5 rings (SSSR count). The molecule has 2 aliphatic heterocycles. The van der Waals surface area contributed by atoms with Gasteiger partial charge in [-0.05, 0) is 18.6 Å². The standard InChI is InChI=1S/C24H24ClFN6O5S/c1-35-23(33)19-17(12-32-7-8-36-14(11-32)3-5-18-29-24(34)37-31-18)28-21(22-27-6-9-38-22)30-20(19)15-4-2-13(26)10-16(15)25/h2,4,6,9-10,14,20H,3,5,7-8,11-12H2,1H3,(H,28,30)(H,29,31,34). The number of nitrogens with zero attached hydrogens (tertiary/aromatic N) is 4. The highest BCUT2D eigenvalue weighted by Crippen LogP contribution is 2.37. The zero-order chi connectivity index (χ0) is 26.6. The number of carbonyl (C=O) groups excluding carboxylic acids is 1.